The summed E-state index contributed by atoms with van der Waals surface area (Å²) in [6.45, 7) is 1.70. The van der Waals surface area contributed by atoms with Gasteiger partial charge in [-0.3, -0.25) is 4.79 Å². The second-order valence-electron chi connectivity index (χ2n) is 5.98. The number of hydrogen-bond acceptors (Lipinski definition) is 2. The van der Waals surface area contributed by atoms with Crippen LogP contribution in [0.15, 0.2) is 45.3 Å². The summed E-state index contributed by atoms with van der Waals surface area (Å²) in [6, 6.07) is 9.84. The minimum absolute atomic E-state index is 0.346. The van der Waals surface area contributed by atoms with Gasteiger partial charge in [-0.2, -0.15) is 0 Å². The number of nitrogens with one attached hydrogen (secondary N) is 1. The molecule has 1 unspecified atom stereocenters. The minimum Gasteiger partial charge on any atom is -0.323 e. The highest BCUT2D eigenvalue weighted by molar-refractivity contribution is 9.11. The number of carbonyl (C=O) groups is 2. The van der Waals surface area contributed by atoms with Crippen LogP contribution in [0.1, 0.15) is 12.5 Å². The predicted octanol–water partition coefficient (Wildman–Crippen LogP) is 5.58. The lowest BCUT2D eigenvalue weighted by Gasteiger charge is -2.22. The van der Waals surface area contributed by atoms with Gasteiger partial charge in [0.2, 0.25) is 0 Å². The SMILES string of the molecule is CC1(Cc2cc(Br)cc(Br)c2)NC(=O)N(c2cc(Cl)cc(Cl)c2)C1=O. The molecule has 1 N–H and O–H groups in total. The molecule has 2 aromatic carbocycles. The molecule has 1 atom stereocenters. The van der Waals surface area contributed by atoms with Gasteiger partial charge < -0.3 is 5.32 Å². The molecule has 0 saturated carbocycles. The molecule has 1 fully saturated rings. The standard InChI is InChI=1S/C17H12Br2Cl2N2O2/c1-17(8-9-2-10(18)4-11(19)3-9)15(24)23(16(25)22-17)14-6-12(20)5-13(21)7-14/h2-7H,8H2,1H3,(H,22,25). The third-order valence-corrected chi connectivity index (χ3v) is 5.20. The Morgan fingerprint density at radius 3 is 2.12 bits per heavy atom. The molecule has 4 nitrogen and oxygen atoms in total. The first-order chi connectivity index (χ1) is 11.7. The third kappa shape index (κ3) is 3.87. The van der Waals surface area contributed by atoms with E-state index in [1.165, 1.54) is 12.1 Å². The van der Waals surface area contributed by atoms with Crippen molar-refractivity contribution in [3.8, 4) is 0 Å². The summed E-state index contributed by atoms with van der Waals surface area (Å²) in [5, 5.41) is 3.48. The lowest BCUT2D eigenvalue weighted by Crippen LogP contribution is -2.46. The van der Waals surface area contributed by atoms with Crippen LogP contribution < -0.4 is 10.2 Å². The van der Waals surface area contributed by atoms with Crippen LogP contribution in [0.25, 0.3) is 0 Å². The maximum Gasteiger partial charge on any atom is 0.329 e. The normalized spacial score (nSPS) is 20.1. The van der Waals surface area contributed by atoms with E-state index in [0.717, 1.165) is 19.4 Å². The summed E-state index contributed by atoms with van der Waals surface area (Å²) < 4.78 is 1.77. The van der Waals surface area contributed by atoms with Crippen LogP contribution in [0.5, 0.6) is 0 Å². The number of carbonyl (C=O) groups excluding carboxylic acids is 2. The van der Waals surface area contributed by atoms with Crippen molar-refractivity contribution < 1.29 is 9.59 Å². The Hall–Kier alpha value is -1.08. The van der Waals surface area contributed by atoms with Gasteiger partial charge in [-0.15, -0.1) is 0 Å². The molecule has 1 heterocycles. The highest BCUT2D eigenvalue weighted by atomic mass is 79.9. The van der Waals surface area contributed by atoms with E-state index in [1.54, 1.807) is 13.0 Å². The number of urea groups is 1. The van der Waals surface area contributed by atoms with E-state index in [2.05, 4.69) is 37.2 Å². The van der Waals surface area contributed by atoms with Crippen LogP contribution in [0.3, 0.4) is 0 Å². The maximum absolute atomic E-state index is 13.0. The lowest BCUT2D eigenvalue weighted by molar-refractivity contribution is -0.121. The Kier molecular flexibility index (Phi) is 5.17. The van der Waals surface area contributed by atoms with E-state index in [4.69, 9.17) is 23.2 Å². The molecule has 1 aliphatic heterocycles. The van der Waals surface area contributed by atoms with E-state index in [1.807, 2.05) is 18.2 Å². The lowest BCUT2D eigenvalue weighted by atomic mass is 9.93. The first-order valence-corrected chi connectivity index (χ1v) is 9.60. The highest BCUT2D eigenvalue weighted by Crippen LogP contribution is 2.32. The van der Waals surface area contributed by atoms with Gasteiger partial charge in [-0.05, 0) is 48.9 Å². The first-order valence-electron chi connectivity index (χ1n) is 7.26. The number of rotatable bonds is 3. The van der Waals surface area contributed by atoms with Crippen molar-refractivity contribution in [2.75, 3.05) is 4.90 Å². The van der Waals surface area contributed by atoms with Crippen molar-refractivity contribution in [3.05, 3.63) is 61.0 Å². The largest absolute Gasteiger partial charge is 0.329 e. The highest BCUT2D eigenvalue weighted by Gasteiger charge is 2.48. The van der Waals surface area contributed by atoms with Gasteiger partial charge in [0.05, 0.1) is 5.69 Å². The number of hydrogen-bond donors (Lipinski definition) is 1. The number of imide groups is 1. The number of anilines is 1. The zero-order chi connectivity index (χ0) is 18.4. The topological polar surface area (TPSA) is 49.4 Å². The van der Waals surface area contributed by atoms with Crippen LogP contribution in [0.2, 0.25) is 10.0 Å². The molecule has 2 aromatic rings. The summed E-state index contributed by atoms with van der Waals surface area (Å²) in [5.41, 5.74) is 0.189. The molecule has 1 aliphatic rings. The Bertz CT molecular complexity index is 850. The van der Waals surface area contributed by atoms with Gasteiger partial charge >= 0.3 is 6.03 Å². The van der Waals surface area contributed by atoms with Crippen LogP contribution >= 0.6 is 55.1 Å². The summed E-state index contributed by atoms with van der Waals surface area (Å²) in [6.07, 6.45) is 0.348. The smallest absolute Gasteiger partial charge is 0.323 e. The van der Waals surface area contributed by atoms with Crippen LogP contribution in [0, 0.1) is 0 Å². The number of amides is 3. The third-order valence-electron chi connectivity index (χ3n) is 3.85. The fourth-order valence-electron chi connectivity index (χ4n) is 2.83. The average molecular weight is 507 g/mol. The Labute approximate surface area is 171 Å². The molecule has 0 radical (unpaired) electrons. The van der Waals surface area contributed by atoms with E-state index in [9.17, 15) is 9.59 Å². The summed E-state index contributed by atoms with van der Waals surface area (Å²) in [7, 11) is 0. The van der Waals surface area contributed by atoms with Crippen molar-refractivity contribution in [1.29, 1.82) is 0 Å². The fourth-order valence-corrected chi connectivity index (χ4v) is 4.73. The van der Waals surface area contributed by atoms with Crippen molar-refractivity contribution in [3.63, 3.8) is 0 Å². The molecule has 3 rings (SSSR count). The molecule has 1 saturated heterocycles. The maximum atomic E-state index is 13.0. The molecule has 3 amide bonds. The summed E-state index contributed by atoms with van der Waals surface area (Å²) >= 11 is 18.8. The van der Waals surface area contributed by atoms with Gasteiger partial charge in [0.1, 0.15) is 5.54 Å². The Balaban J connectivity index is 1.94. The van der Waals surface area contributed by atoms with E-state index in [0.29, 0.717) is 22.2 Å². The van der Waals surface area contributed by atoms with Crippen molar-refractivity contribution in [2.45, 2.75) is 18.9 Å². The van der Waals surface area contributed by atoms with Gasteiger partial charge in [0, 0.05) is 25.4 Å². The fraction of sp³-hybridized carbons (Fsp3) is 0.176. The molecule has 0 spiro atoms. The molecule has 130 valence electrons. The Morgan fingerprint density at radius 2 is 1.56 bits per heavy atom. The molecule has 25 heavy (non-hydrogen) atoms. The molecular weight excluding hydrogens is 495 g/mol. The monoisotopic (exact) mass is 504 g/mol. The zero-order valence-electron chi connectivity index (χ0n) is 12.9. The minimum atomic E-state index is -1.06. The number of benzene rings is 2. The number of halogens is 4. The second-order valence-corrected chi connectivity index (χ2v) is 8.69. The predicted molar refractivity (Wildman–Crippen MR) is 106 cm³/mol. The van der Waals surface area contributed by atoms with Gasteiger partial charge in [-0.25, -0.2) is 9.69 Å². The van der Waals surface area contributed by atoms with E-state index < -0.39 is 11.6 Å². The quantitative estimate of drug-likeness (QED) is 0.553. The molecular formula is C17H12Br2Cl2N2O2. The average Bonchev–Trinajstić information content (AvgIpc) is 2.65. The van der Waals surface area contributed by atoms with Crippen LogP contribution in [-0.2, 0) is 11.2 Å². The molecule has 0 aromatic heterocycles. The van der Waals surface area contributed by atoms with Crippen molar-refractivity contribution in [2.24, 2.45) is 0 Å². The molecule has 0 aliphatic carbocycles. The zero-order valence-corrected chi connectivity index (χ0v) is 17.6. The summed E-state index contributed by atoms with van der Waals surface area (Å²) in [4.78, 5) is 26.5. The van der Waals surface area contributed by atoms with E-state index in [-0.39, 0.29) is 5.91 Å². The van der Waals surface area contributed by atoms with Gasteiger partial charge in [0.15, 0.2) is 0 Å². The first kappa shape index (κ1) is 18.7. The van der Waals surface area contributed by atoms with Gasteiger partial charge in [0.25, 0.3) is 5.91 Å². The van der Waals surface area contributed by atoms with Crippen LogP contribution in [0.4, 0.5) is 10.5 Å². The molecule has 8 heteroatoms. The van der Waals surface area contributed by atoms with E-state index >= 15 is 0 Å². The molecule has 0 bridgehead atoms. The Morgan fingerprint density at radius 1 is 1.00 bits per heavy atom. The van der Waals surface area contributed by atoms with Crippen molar-refractivity contribution in [1.82, 2.24) is 5.32 Å². The summed E-state index contributed by atoms with van der Waals surface area (Å²) in [5.74, 6) is -0.355. The van der Waals surface area contributed by atoms with Crippen LogP contribution in [-0.4, -0.2) is 17.5 Å². The van der Waals surface area contributed by atoms with Gasteiger partial charge in [-0.1, -0.05) is 55.1 Å². The number of nitrogens with zero attached hydrogens (tertiary/aromatic N) is 1. The van der Waals surface area contributed by atoms with Crippen molar-refractivity contribution >= 4 is 72.7 Å². The second kappa shape index (κ2) is 6.91.